The smallest absolute Gasteiger partial charge is 0.312 e. The summed E-state index contributed by atoms with van der Waals surface area (Å²) in [6.45, 7) is 4.56. The SMILES string of the molecule is CCC(C)C=CCOc1ccc(Br)cc1[N+](=O)[O-]. The lowest BCUT2D eigenvalue weighted by Crippen LogP contribution is -1.99. The second kappa shape index (κ2) is 7.16. The third kappa shape index (κ3) is 4.49. The number of allylic oxidation sites excluding steroid dienone is 1. The van der Waals surface area contributed by atoms with Crippen molar-refractivity contribution in [3.8, 4) is 5.75 Å². The Morgan fingerprint density at radius 3 is 2.89 bits per heavy atom. The second-order valence-corrected chi connectivity index (χ2v) is 4.91. The summed E-state index contributed by atoms with van der Waals surface area (Å²) in [4.78, 5) is 10.4. The minimum Gasteiger partial charge on any atom is -0.483 e. The van der Waals surface area contributed by atoms with Crippen molar-refractivity contribution in [2.75, 3.05) is 6.61 Å². The highest BCUT2D eigenvalue weighted by Gasteiger charge is 2.14. The van der Waals surface area contributed by atoms with Gasteiger partial charge in [-0.1, -0.05) is 48.4 Å². The Kier molecular flexibility index (Phi) is 5.85. The summed E-state index contributed by atoms with van der Waals surface area (Å²) in [5.41, 5.74) is -0.0266. The van der Waals surface area contributed by atoms with E-state index in [0.29, 0.717) is 17.0 Å². The van der Waals surface area contributed by atoms with Gasteiger partial charge in [-0.05, 0) is 18.1 Å². The molecule has 0 fully saturated rings. The number of halogens is 1. The number of ether oxygens (including phenoxy) is 1. The van der Waals surface area contributed by atoms with Crippen molar-refractivity contribution in [1.29, 1.82) is 0 Å². The van der Waals surface area contributed by atoms with Gasteiger partial charge in [-0.15, -0.1) is 0 Å². The summed E-state index contributed by atoms with van der Waals surface area (Å²) in [5.74, 6) is 0.783. The summed E-state index contributed by atoms with van der Waals surface area (Å²) in [6.07, 6.45) is 5.00. The number of nitro benzene ring substituents is 1. The van der Waals surface area contributed by atoms with E-state index >= 15 is 0 Å². The molecule has 1 atom stereocenters. The predicted molar refractivity (Wildman–Crippen MR) is 74.9 cm³/mol. The maximum absolute atomic E-state index is 10.8. The standard InChI is InChI=1S/C13H16BrNO3/c1-3-10(2)5-4-8-18-13-7-6-11(14)9-12(13)15(16)17/h4-7,9-10H,3,8H2,1-2H3. The van der Waals surface area contributed by atoms with E-state index in [-0.39, 0.29) is 11.4 Å². The Labute approximate surface area is 115 Å². The van der Waals surface area contributed by atoms with Gasteiger partial charge in [0.1, 0.15) is 6.61 Å². The second-order valence-electron chi connectivity index (χ2n) is 3.99. The van der Waals surface area contributed by atoms with Gasteiger partial charge in [0, 0.05) is 10.5 Å². The molecule has 0 amide bonds. The molecule has 0 saturated heterocycles. The molecule has 1 rings (SSSR count). The van der Waals surface area contributed by atoms with Crippen LogP contribution in [0.5, 0.6) is 5.75 Å². The molecule has 5 heteroatoms. The van der Waals surface area contributed by atoms with Gasteiger partial charge in [0.25, 0.3) is 0 Å². The fraction of sp³-hybridized carbons (Fsp3) is 0.385. The van der Waals surface area contributed by atoms with Gasteiger partial charge < -0.3 is 4.74 Å². The molecular formula is C13H16BrNO3. The highest BCUT2D eigenvalue weighted by atomic mass is 79.9. The molecule has 0 N–H and O–H groups in total. The van der Waals surface area contributed by atoms with E-state index in [0.717, 1.165) is 6.42 Å². The molecular weight excluding hydrogens is 298 g/mol. The minimum absolute atomic E-state index is 0.0266. The third-order valence-corrected chi connectivity index (χ3v) is 3.05. The molecule has 0 aliphatic heterocycles. The van der Waals surface area contributed by atoms with Crippen LogP contribution in [0, 0.1) is 16.0 Å². The lowest BCUT2D eigenvalue weighted by Gasteiger charge is -2.05. The molecule has 0 radical (unpaired) electrons. The van der Waals surface area contributed by atoms with Gasteiger partial charge in [0.2, 0.25) is 0 Å². The van der Waals surface area contributed by atoms with Crippen molar-refractivity contribution in [2.45, 2.75) is 20.3 Å². The van der Waals surface area contributed by atoms with E-state index in [2.05, 4.69) is 29.8 Å². The normalized spacial score (nSPS) is 12.6. The van der Waals surface area contributed by atoms with Gasteiger partial charge in [0.15, 0.2) is 5.75 Å². The quantitative estimate of drug-likeness (QED) is 0.446. The molecule has 98 valence electrons. The van der Waals surface area contributed by atoms with Crippen LogP contribution in [0.3, 0.4) is 0 Å². The first kappa shape index (κ1) is 14.7. The lowest BCUT2D eigenvalue weighted by atomic mass is 10.1. The summed E-state index contributed by atoms with van der Waals surface area (Å²) in [6, 6.07) is 4.76. The van der Waals surface area contributed by atoms with Crippen molar-refractivity contribution in [2.24, 2.45) is 5.92 Å². The van der Waals surface area contributed by atoms with Crippen LogP contribution in [0.4, 0.5) is 5.69 Å². The fourth-order valence-electron chi connectivity index (χ4n) is 1.32. The van der Waals surface area contributed by atoms with Crippen molar-refractivity contribution in [3.05, 3.63) is 44.9 Å². The van der Waals surface area contributed by atoms with E-state index < -0.39 is 4.92 Å². The number of rotatable bonds is 6. The van der Waals surface area contributed by atoms with Crippen LogP contribution < -0.4 is 4.74 Å². The highest BCUT2D eigenvalue weighted by molar-refractivity contribution is 9.10. The number of benzene rings is 1. The summed E-state index contributed by atoms with van der Waals surface area (Å²) in [5, 5.41) is 10.8. The Morgan fingerprint density at radius 1 is 1.56 bits per heavy atom. The Balaban J connectivity index is 2.67. The van der Waals surface area contributed by atoms with E-state index in [1.165, 1.54) is 6.07 Å². The fourth-order valence-corrected chi connectivity index (χ4v) is 1.67. The van der Waals surface area contributed by atoms with Gasteiger partial charge in [-0.2, -0.15) is 0 Å². The number of nitro groups is 1. The molecule has 0 aliphatic rings. The highest BCUT2D eigenvalue weighted by Crippen LogP contribution is 2.29. The van der Waals surface area contributed by atoms with Crippen LogP contribution in [0.15, 0.2) is 34.8 Å². The zero-order valence-corrected chi connectivity index (χ0v) is 12.0. The number of hydrogen-bond acceptors (Lipinski definition) is 3. The Morgan fingerprint density at radius 2 is 2.28 bits per heavy atom. The van der Waals surface area contributed by atoms with E-state index in [1.54, 1.807) is 12.1 Å². The molecule has 0 bridgehead atoms. The van der Waals surface area contributed by atoms with Gasteiger partial charge >= 0.3 is 5.69 Å². The van der Waals surface area contributed by atoms with Crippen molar-refractivity contribution in [3.63, 3.8) is 0 Å². The lowest BCUT2D eigenvalue weighted by molar-refractivity contribution is -0.385. The zero-order valence-electron chi connectivity index (χ0n) is 10.4. The van der Waals surface area contributed by atoms with Gasteiger partial charge in [-0.3, -0.25) is 10.1 Å². The van der Waals surface area contributed by atoms with Crippen LogP contribution in [0.25, 0.3) is 0 Å². The Hall–Kier alpha value is -1.36. The zero-order chi connectivity index (χ0) is 13.5. The van der Waals surface area contributed by atoms with Crippen molar-refractivity contribution < 1.29 is 9.66 Å². The molecule has 0 aromatic heterocycles. The first-order valence-electron chi connectivity index (χ1n) is 5.78. The van der Waals surface area contributed by atoms with Crippen LogP contribution in [0.2, 0.25) is 0 Å². The molecule has 1 aromatic carbocycles. The molecule has 4 nitrogen and oxygen atoms in total. The van der Waals surface area contributed by atoms with E-state index in [1.807, 2.05) is 12.2 Å². The molecule has 18 heavy (non-hydrogen) atoms. The molecule has 0 spiro atoms. The predicted octanol–water partition coefficient (Wildman–Crippen LogP) is 4.34. The maximum Gasteiger partial charge on any atom is 0.312 e. The van der Waals surface area contributed by atoms with Crippen LogP contribution in [-0.2, 0) is 0 Å². The summed E-state index contributed by atoms with van der Waals surface area (Å²) >= 11 is 3.20. The molecule has 0 heterocycles. The summed E-state index contributed by atoms with van der Waals surface area (Å²) < 4.78 is 6.06. The average molecular weight is 314 g/mol. The van der Waals surface area contributed by atoms with Crippen LogP contribution in [0.1, 0.15) is 20.3 Å². The topological polar surface area (TPSA) is 52.4 Å². The third-order valence-electron chi connectivity index (χ3n) is 2.56. The first-order valence-corrected chi connectivity index (χ1v) is 6.57. The average Bonchev–Trinajstić information content (AvgIpc) is 2.35. The molecule has 1 aromatic rings. The summed E-state index contributed by atoms with van der Waals surface area (Å²) in [7, 11) is 0. The Bertz CT molecular complexity index is 446. The first-order chi connectivity index (χ1) is 8.54. The number of nitrogens with zero attached hydrogens (tertiary/aromatic N) is 1. The maximum atomic E-state index is 10.8. The van der Waals surface area contributed by atoms with Crippen LogP contribution in [-0.4, -0.2) is 11.5 Å². The number of hydrogen-bond donors (Lipinski definition) is 0. The van der Waals surface area contributed by atoms with Crippen molar-refractivity contribution in [1.82, 2.24) is 0 Å². The molecule has 0 aliphatic carbocycles. The van der Waals surface area contributed by atoms with Crippen LogP contribution >= 0.6 is 15.9 Å². The van der Waals surface area contributed by atoms with Gasteiger partial charge in [-0.25, -0.2) is 0 Å². The largest absolute Gasteiger partial charge is 0.483 e. The van der Waals surface area contributed by atoms with Gasteiger partial charge in [0.05, 0.1) is 4.92 Å². The molecule has 0 saturated carbocycles. The monoisotopic (exact) mass is 313 g/mol. The van der Waals surface area contributed by atoms with E-state index in [4.69, 9.17) is 4.74 Å². The molecule has 1 unspecified atom stereocenters. The van der Waals surface area contributed by atoms with Crippen molar-refractivity contribution >= 4 is 21.6 Å². The minimum atomic E-state index is -0.446. The van der Waals surface area contributed by atoms with E-state index in [9.17, 15) is 10.1 Å².